The lowest BCUT2D eigenvalue weighted by molar-refractivity contribution is 0.321. The van der Waals surface area contributed by atoms with E-state index in [2.05, 4.69) is 36.2 Å². The molecule has 1 N–H and O–H groups in total. The third kappa shape index (κ3) is 3.22. The molecule has 2 rings (SSSR count). The molecule has 0 saturated heterocycles. The van der Waals surface area contributed by atoms with Gasteiger partial charge in [-0.3, -0.25) is 0 Å². The maximum Gasteiger partial charge on any atom is 0.231 e. The molecule has 2 aromatic rings. The molecule has 0 aliphatic heterocycles. The van der Waals surface area contributed by atoms with Gasteiger partial charge in [-0.25, -0.2) is 4.39 Å². The SMILES string of the molecule is CCNC(CC)C(C)c1nc(-c2ccc(F)cc2)no1. The predicted octanol–water partition coefficient (Wildman–Crippen LogP) is 3.37. The summed E-state index contributed by atoms with van der Waals surface area (Å²) >= 11 is 0. The summed E-state index contributed by atoms with van der Waals surface area (Å²) < 4.78 is 18.2. The van der Waals surface area contributed by atoms with E-state index in [-0.39, 0.29) is 11.7 Å². The van der Waals surface area contributed by atoms with Gasteiger partial charge in [0.25, 0.3) is 0 Å². The first-order valence-corrected chi connectivity index (χ1v) is 6.98. The molecule has 108 valence electrons. The van der Waals surface area contributed by atoms with E-state index in [1.54, 1.807) is 12.1 Å². The molecule has 0 spiro atoms. The molecule has 0 bridgehead atoms. The van der Waals surface area contributed by atoms with Crippen LogP contribution in [0.1, 0.15) is 39.0 Å². The van der Waals surface area contributed by atoms with Crippen LogP contribution in [-0.4, -0.2) is 22.7 Å². The molecular weight excluding hydrogens is 257 g/mol. The number of hydrogen-bond acceptors (Lipinski definition) is 4. The highest BCUT2D eigenvalue weighted by molar-refractivity contribution is 5.53. The number of aromatic nitrogens is 2. The zero-order valence-corrected chi connectivity index (χ0v) is 12.1. The molecule has 0 fully saturated rings. The van der Waals surface area contributed by atoms with Crippen molar-refractivity contribution in [2.75, 3.05) is 6.54 Å². The third-order valence-electron chi connectivity index (χ3n) is 3.44. The Morgan fingerprint density at radius 3 is 2.55 bits per heavy atom. The largest absolute Gasteiger partial charge is 0.339 e. The molecule has 0 amide bonds. The van der Waals surface area contributed by atoms with Gasteiger partial charge in [0.15, 0.2) is 0 Å². The average Bonchev–Trinajstić information content (AvgIpc) is 2.94. The minimum absolute atomic E-state index is 0.140. The van der Waals surface area contributed by atoms with E-state index in [4.69, 9.17) is 4.52 Å². The second-order valence-corrected chi connectivity index (χ2v) is 4.82. The topological polar surface area (TPSA) is 51.0 Å². The van der Waals surface area contributed by atoms with Crippen molar-refractivity contribution in [1.82, 2.24) is 15.5 Å². The zero-order valence-electron chi connectivity index (χ0n) is 12.1. The van der Waals surface area contributed by atoms with Crippen molar-refractivity contribution in [2.24, 2.45) is 0 Å². The van der Waals surface area contributed by atoms with Gasteiger partial charge < -0.3 is 9.84 Å². The molecule has 1 heterocycles. The van der Waals surface area contributed by atoms with Crippen LogP contribution in [0.3, 0.4) is 0 Å². The van der Waals surface area contributed by atoms with E-state index in [1.165, 1.54) is 12.1 Å². The second kappa shape index (κ2) is 6.61. The van der Waals surface area contributed by atoms with Crippen LogP contribution in [0, 0.1) is 5.82 Å². The fourth-order valence-corrected chi connectivity index (χ4v) is 2.25. The Labute approximate surface area is 118 Å². The van der Waals surface area contributed by atoms with Crippen LogP contribution >= 0.6 is 0 Å². The molecule has 2 unspecified atom stereocenters. The van der Waals surface area contributed by atoms with Crippen molar-refractivity contribution in [3.8, 4) is 11.4 Å². The Morgan fingerprint density at radius 1 is 1.25 bits per heavy atom. The van der Waals surface area contributed by atoms with Crippen LogP contribution in [0.2, 0.25) is 0 Å². The molecule has 0 aliphatic carbocycles. The standard InChI is InChI=1S/C15H20FN3O/c1-4-13(17-5-2)10(3)15-18-14(19-20-15)11-6-8-12(16)9-7-11/h6-10,13,17H,4-5H2,1-3H3. The minimum Gasteiger partial charge on any atom is -0.339 e. The molecule has 0 radical (unpaired) electrons. The normalized spacial score (nSPS) is 14.2. The number of halogens is 1. The lowest BCUT2D eigenvalue weighted by Gasteiger charge is -2.20. The maximum atomic E-state index is 12.9. The van der Waals surface area contributed by atoms with Crippen LogP contribution in [-0.2, 0) is 0 Å². The molecule has 4 nitrogen and oxygen atoms in total. The fourth-order valence-electron chi connectivity index (χ4n) is 2.25. The highest BCUT2D eigenvalue weighted by Crippen LogP contribution is 2.23. The van der Waals surface area contributed by atoms with Gasteiger partial charge in [-0.1, -0.05) is 25.9 Å². The summed E-state index contributed by atoms with van der Waals surface area (Å²) in [5.41, 5.74) is 0.755. The molecule has 1 aromatic heterocycles. The lowest BCUT2D eigenvalue weighted by atomic mass is 9.99. The number of hydrogen-bond donors (Lipinski definition) is 1. The number of nitrogens with zero attached hydrogens (tertiary/aromatic N) is 2. The summed E-state index contributed by atoms with van der Waals surface area (Å²) in [6.07, 6.45) is 0.989. The Bertz CT molecular complexity index is 538. The summed E-state index contributed by atoms with van der Waals surface area (Å²) in [7, 11) is 0. The quantitative estimate of drug-likeness (QED) is 0.879. The highest BCUT2D eigenvalue weighted by Gasteiger charge is 2.22. The van der Waals surface area contributed by atoms with Crippen LogP contribution in [0.15, 0.2) is 28.8 Å². The summed E-state index contributed by atoms with van der Waals surface area (Å²) in [5, 5.41) is 7.39. The molecule has 1 aromatic carbocycles. The summed E-state index contributed by atoms with van der Waals surface area (Å²) in [4.78, 5) is 4.42. The first kappa shape index (κ1) is 14.7. The Morgan fingerprint density at radius 2 is 1.95 bits per heavy atom. The predicted molar refractivity (Wildman–Crippen MR) is 75.9 cm³/mol. The van der Waals surface area contributed by atoms with Gasteiger partial charge >= 0.3 is 0 Å². The molecule has 20 heavy (non-hydrogen) atoms. The van der Waals surface area contributed by atoms with Gasteiger partial charge in [-0.2, -0.15) is 4.98 Å². The van der Waals surface area contributed by atoms with Crippen molar-refractivity contribution in [3.05, 3.63) is 36.0 Å². The van der Waals surface area contributed by atoms with Gasteiger partial charge in [-0.05, 0) is 37.2 Å². The van der Waals surface area contributed by atoms with Crippen LogP contribution in [0.25, 0.3) is 11.4 Å². The lowest BCUT2D eigenvalue weighted by Crippen LogP contribution is -2.33. The van der Waals surface area contributed by atoms with Gasteiger partial charge in [0.2, 0.25) is 11.7 Å². The Hall–Kier alpha value is -1.75. The molecular formula is C15H20FN3O. The summed E-state index contributed by atoms with van der Waals surface area (Å²) in [6, 6.07) is 6.39. The van der Waals surface area contributed by atoms with E-state index in [0.717, 1.165) is 18.5 Å². The monoisotopic (exact) mass is 277 g/mol. The van der Waals surface area contributed by atoms with Gasteiger partial charge in [0, 0.05) is 11.6 Å². The molecule has 0 aliphatic rings. The van der Waals surface area contributed by atoms with Gasteiger partial charge in [-0.15, -0.1) is 0 Å². The van der Waals surface area contributed by atoms with E-state index < -0.39 is 0 Å². The Balaban J connectivity index is 2.17. The van der Waals surface area contributed by atoms with Crippen LogP contribution in [0.4, 0.5) is 4.39 Å². The van der Waals surface area contributed by atoms with Crippen molar-refractivity contribution in [3.63, 3.8) is 0 Å². The van der Waals surface area contributed by atoms with Crippen molar-refractivity contribution in [2.45, 2.75) is 39.2 Å². The van der Waals surface area contributed by atoms with Crippen LogP contribution < -0.4 is 5.32 Å². The van der Waals surface area contributed by atoms with E-state index in [9.17, 15) is 4.39 Å². The highest BCUT2D eigenvalue weighted by atomic mass is 19.1. The summed E-state index contributed by atoms with van der Waals surface area (Å²) in [5.74, 6) is 0.973. The minimum atomic E-state index is -0.274. The summed E-state index contributed by atoms with van der Waals surface area (Å²) in [6.45, 7) is 7.18. The third-order valence-corrected chi connectivity index (χ3v) is 3.44. The number of rotatable bonds is 6. The van der Waals surface area contributed by atoms with E-state index >= 15 is 0 Å². The molecule has 2 atom stereocenters. The van der Waals surface area contributed by atoms with Gasteiger partial charge in [0.05, 0.1) is 5.92 Å². The molecule has 5 heteroatoms. The molecule has 0 saturated carbocycles. The van der Waals surface area contributed by atoms with E-state index in [0.29, 0.717) is 17.8 Å². The number of benzene rings is 1. The van der Waals surface area contributed by atoms with E-state index in [1.807, 2.05) is 0 Å². The van der Waals surface area contributed by atoms with Crippen molar-refractivity contribution in [1.29, 1.82) is 0 Å². The van der Waals surface area contributed by atoms with Crippen molar-refractivity contribution >= 4 is 0 Å². The fraction of sp³-hybridized carbons (Fsp3) is 0.467. The number of likely N-dealkylation sites (N-methyl/N-ethyl adjacent to an activating group) is 1. The Kier molecular flexibility index (Phi) is 4.84. The first-order chi connectivity index (χ1) is 9.65. The van der Waals surface area contributed by atoms with Gasteiger partial charge in [0.1, 0.15) is 5.82 Å². The first-order valence-electron chi connectivity index (χ1n) is 6.98. The number of nitrogens with one attached hydrogen (secondary N) is 1. The second-order valence-electron chi connectivity index (χ2n) is 4.82. The zero-order chi connectivity index (χ0) is 14.5. The average molecular weight is 277 g/mol. The van der Waals surface area contributed by atoms with Crippen LogP contribution in [0.5, 0.6) is 0 Å². The maximum absolute atomic E-state index is 12.9. The smallest absolute Gasteiger partial charge is 0.231 e. The van der Waals surface area contributed by atoms with Crippen molar-refractivity contribution < 1.29 is 8.91 Å².